The van der Waals surface area contributed by atoms with Crippen molar-refractivity contribution < 1.29 is 17.9 Å². The first kappa shape index (κ1) is 22.5. The Balaban J connectivity index is 1.40. The molecule has 0 aliphatic rings. The molecule has 0 aliphatic carbocycles. The summed E-state index contributed by atoms with van der Waals surface area (Å²) in [6.45, 7) is 0.253. The molecule has 3 aromatic carbocycles. The lowest BCUT2D eigenvalue weighted by molar-refractivity contribution is 0.354. The molecule has 9 heteroatoms. The van der Waals surface area contributed by atoms with Crippen molar-refractivity contribution in [2.45, 2.75) is 11.3 Å². The number of hydrogen-bond donors (Lipinski definition) is 1. The Labute approximate surface area is 192 Å². The molecule has 1 aromatic heterocycles. The highest BCUT2D eigenvalue weighted by Crippen LogP contribution is 2.27. The van der Waals surface area contributed by atoms with Crippen LogP contribution in [0, 0.1) is 0 Å². The molecule has 0 bridgehead atoms. The predicted octanol–water partition coefficient (Wildman–Crippen LogP) is 3.47. The van der Waals surface area contributed by atoms with Gasteiger partial charge in [-0.3, -0.25) is 0 Å². The molecular formula is C24H24N4O4S. The zero-order valence-corrected chi connectivity index (χ0v) is 19.1. The SMILES string of the molecule is COc1ccc(CCNS(=O)(=O)c2ccc(-n3cc(-c4ccccc4)nn3)cc2)cc1OC. The first-order valence-electron chi connectivity index (χ1n) is 10.3. The molecule has 4 aromatic rings. The van der Waals surface area contributed by atoms with Gasteiger partial charge in [-0.2, -0.15) is 0 Å². The van der Waals surface area contributed by atoms with Gasteiger partial charge in [0.05, 0.1) is 31.0 Å². The van der Waals surface area contributed by atoms with E-state index in [1.165, 1.54) is 0 Å². The molecule has 0 atom stereocenters. The van der Waals surface area contributed by atoms with E-state index in [-0.39, 0.29) is 11.4 Å². The summed E-state index contributed by atoms with van der Waals surface area (Å²) in [6, 6.07) is 21.8. The van der Waals surface area contributed by atoms with Crippen molar-refractivity contribution in [1.29, 1.82) is 0 Å². The second-order valence-corrected chi connectivity index (χ2v) is 9.01. The van der Waals surface area contributed by atoms with Gasteiger partial charge >= 0.3 is 0 Å². The minimum atomic E-state index is -3.65. The van der Waals surface area contributed by atoms with Crippen LogP contribution < -0.4 is 14.2 Å². The Kier molecular flexibility index (Phi) is 6.71. The first-order chi connectivity index (χ1) is 16.0. The normalized spacial score (nSPS) is 11.3. The van der Waals surface area contributed by atoms with Gasteiger partial charge in [0.1, 0.15) is 5.69 Å². The number of hydrogen-bond acceptors (Lipinski definition) is 6. The lowest BCUT2D eigenvalue weighted by atomic mass is 10.1. The highest BCUT2D eigenvalue weighted by atomic mass is 32.2. The van der Waals surface area contributed by atoms with Gasteiger partial charge in [0.15, 0.2) is 11.5 Å². The maximum Gasteiger partial charge on any atom is 0.240 e. The van der Waals surface area contributed by atoms with E-state index >= 15 is 0 Å². The fourth-order valence-corrected chi connectivity index (χ4v) is 4.39. The molecule has 0 fully saturated rings. The molecule has 0 spiro atoms. The molecule has 0 aliphatic heterocycles. The van der Waals surface area contributed by atoms with Crippen LogP contribution in [0.5, 0.6) is 11.5 Å². The topological polar surface area (TPSA) is 95.3 Å². The predicted molar refractivity (Wildman–Crippen MR) is 125 cm³/mol. The third-order valence-electron chi connectivity index (χ3n) is 5.13. The van der Waals surface area contributed by atoms with Gasteiger partial charge in [-0.15, -0.1) is 5.10 Å². The van der Waals surface area contributed by atoms with E-state index in [0.717, 1.165) is 16.8 Å². The van der Waals surface area contributed by atoms with Crippen LogP contribution in [0.15, 0.2) is 83.9 Å². The molecule has 0 amide bonds. The number of aromatic nitrogens is 3. The number of nitrogens with one attached hydrogen (secondary N) is 1. The Bertz CT molecular complexity index is 1320. The summed E-state index contributed by atoms with van der Waals surface area (Å²) in [5, 5.41) is 8.34. The van der Waals surface area contributed by atoms with E-state index in [4.69, 9.17) is 9.47 Å². The van der Waals surface area contributed by atoms with Crippen LogP contribution in [0.2, 0.25) is 0 Å². The second-order valence-electron chi connectivity index (χ2n) is 7.25. The zero-order chi connectivity index (χ0) is 23.3. The molecule has 8 nitrogen and oxygen atoms in total. The molecule has 0 saturated carbocycles. The van der Waals surface area contributed by atoms with Gasteiger partial charge in [0, 0.05) is 12.1 Å². The van der Waals surface area contributed by atoms with Gasteiger partial charge in [0.25, 0.3) is 0 Å². The van der Waals surface area contributed by atoms with Gasteiger partial charge in [-0.1, -0.05) is 41.6 Å². The minimum absolute atomic E-state index is 0.182. The van der Waals surface area contributed by atoms with E-state index < -0.39 is 10.0 Å². The van der Waals surface area contributed by atoms with E-state index in [2.05, 4.69) is 15.0 Å². The Morgan fingerprint density at radius 2 is 1.64 bits per heavy atom. The van der Waals surface area contributed by atoms with Crippen molar-refractivity contribution in [2.24, 2.45) is 0 Å². The van der Waals surface area contributed by atoms with Crippen molar-refractivity contribution >= 4 is 10.0 Å². The quantitative estimate of drug-likeness (QED) is 0.408. The fourth-order valence-electron chi connectivity index (χ4n) is 3.36. The van der Waals surface area contributed by atoms with Crippen LogP contribution >= 0.6 is 0 Å². The summed E-state index contributed by atoms with van der Waals surface area (Å²) in [4.78, 5) is 0.182. The maximum absolute atomic E-state index is 12.7. The minimum Gasteiger partial charge on any atom is -0.493 e. The van der Waals surface area contributed by atoms with E-state index in [9.17, 15) is 8.42 Å². The molecule has 0 radical (unpaired) electrons. The summed E-state index contributed by atoms with van der Waals surface area (Å²) in [6.07, 6.45) is 2.32. The molecule has 0 unspecified atom stereocenters. The molecular weight excluding hydrogens is 440 g/mol. The Morgan fingerprint density at radius 1 is 0.909 bits per heavy atom. The lowest BCUT2D eigenvalue weighted by Crippen LogP contribution is -2.26. The van der Waals surface area contributed by atoms with Crippen LogP contribution in [-0.4, -0.2) is 44.2 Å². The molecule has 1 heterocycles. The molecule has 1 N–H and O–H groups in total. The van der Waals surface area contributed by atoms with E-state index in [1.54, 1.807) is 55.4 Å². The number of rotatable bonds is 9. The van der Waals surface area contributed by atoms with Crippen LogP contribution in [-0.2, 0) is 16.4 Å². The van der Waals surface area contributed by atoms with E-state index in [0.29, 0.717) is 23.6 Å². The number of methoxy groups -OCH3 is 2. The third-order valence-corrected chi connectivity index (χ3v) is 6.61. The second kappa shape index (κ2) is 9.85. The molecule has 33 heavy (non-hydrogen) atoms. The van der Waals surface area contributed by atoms with Crippen molar-refractivity contribution in [3.63, 3.8) is 0 Å². The number of nitrogens with zero attached hydrogens (tertiary/aromatic N) is 3. The average molecular weight is 465 g/mol. The number of ether oxygens (including phenoxy) is 2. The van der Waals surface area contributed by atoms with Gasteiger partial charge in [-0.25, -0.2) is 17.8 Å². The largest absolute Gasteiger partial charge is 0.493 e. The van der Waals surface area contributed by atoms with Gasteiger partial charge < -0.3 is 9.47 Å². The summed E-state index contributed by atoms with van der Waals surface area (Å²) >= 11 is 0. The molecule has 0 saturated heterocycles. The summed E-state index contributed by atoms with van der Waals surface area (Å²) in [7, 11) is -0.510. The van der Waals surface area contributed by atoms with Gasteiger partial charge in [-0.05, 0) is 48.4 Å². The maximum atomic E-state index is 12.7. The highest BCUT2D eigenvalue weighted by molar-refractivity contribution is 7.89. The smallest absolute Gasteiger partial charge is 0.240 e. The molecule has 170 valence electrons. The van der Waals surface area contributed by atoms with Crippen molar-refractivity contribution in [3.05, 3.63) is 84.6 Å². The Hall–Kier alpha value is -3.69. The average Bonchev–Trinajstić information content (AvgIpc) is 3.35. The monoisotopic (exact) mass is 464 g/mol. The van der Waals surface area contributed by atoms with Gasteiger partial charge in [0.2, 0.25) is 10.0 Å². The van der Waals surface area contributed by atoms with Crippen molar-refractivity contribution in [1.82, 2.24) is 19.7 Å². The van der Waals surface area contributed by atoms with Crippen LogP contribution in [0.1, 0.15) is 5.56 Å². The standard InChI is InChI=1S/C24H24N4O4S/c1-31-23-13-8-18(16-24(23)32-2)14-15-25-33(29,30)21-11-9-20(10-12-21)28-17-22(26-27-28)19-6-4-3-5-7-19/h3-13,16-17,25H,14-15H2,1-2H3. The number of benzene rings is 3. The van der Waals surface area contributed by atoms with Crippen LogP contribution in [0.4, 0.5) is 0 Å². The summed E-state index contributed by atoms with van der Waals surface area (Å²) in [5.41, 5.74) is 3.35. The summed E-state index contributed by atoms with van der Waals surface area (Å²) in [5.74, 6) is 1.24. The fraction of sp³-hybridized carbons (Fsp3) is 0.167. The van der Waals surface area contributed by atoms with Crippen LogP contribution in [0.3, 0.4) is 0 Å². The summed E-state index contributed by atoms with van der Waals surface area (Å²) < 4.78 is 40.2. The van der Waals surface area contributed by atoms with Crippen molar-refractivity contribution in [2.75, 3.05) is 20.8 Å². The van der Waals surface area contributed by atoms with E-state index in [1.807, 2.05) is 42.5 Å². The number of sulfonamides is 1. The molecule has 4 rings (SSSR count). The van der Waals surface area contributed by atoms with Crippen molar-refractivity contribution in [3.8, 4) is 28.4 Å². The lowest BCUT2D eigenvalue weighted by Gasteiger charge is -2.10. The first-order valence-corrected chi connectivity index (χ1v) is 11.8. The zero-order valence-electron chi connectivity index (χ0n) is 18.3. The highest BCUT2D eigenvalue weighted by Gasteiger charge is 2.14. The Morgan fingerprint density at radius 3 is 2.33 bits per heavy atom. The van der Waals surface area contributed by atoms with Crippen LogP contribution in [0.25, 0.3) is 16.9 Å². The third kappa shape index (κ3) is 5.21.